The van der Waals surface area contributed by atoms with Gasteiger partial charge in [-0.25, -0.2) is 0 Å². The molecule has 1 aromatic carbocycles. The summed E-state index contributed by atoms with van der Waals surface area (Å²) in [5.41, 5.74) is 1.19. The summed E-state index contributed by atoms with van der Waals surface area (Å²) in [7, 11) is 1.68. The second-order valence-corrected chi connectivity index (χ2v) is 4.25. The Balaban J connectivity index is 1.90. The fourth-order valence-electron chi connectivity index (χ4n) is 2.10. The molecule has 0 spiro atoms. The van der Waals surface area contributed by atoms with Gasteiger partial charge in [-0.05, 0) is 24.5 Å². The molecule has 0 saturated carbocycles. The Kier molecular flexibility index (Phi) is 3.98. The molecule has 2 rings (SSSR count). The van der Waals surface area contributed by atoms with Gasteiger partial charge in [0.2, 0.25) is 5.91 Å². The summed E-state index contributed by atoms with van der Waals surface area (Å²) < 4.78 is 5.30. The number of methoxy groups -OCH3 is 1. The maximum Gasteiger partial charge on any atom is 0.234 e. The molecule has 92 valence electrons. The molecule has 1 atom stereocenters. The van der Waals surface area contributed by atoms with E-state index < -0.39 is 0 Å². The van der Waals surface area contributed by atoms with Crippen LogP contribution in [0.1, 0.15) is 12.0 Å². The largest absolute Gasteiger partial charge is 0.496 e. The molecule has 17 heavy (non-hydrogen) atoms. The highest BCUT2D eigenvalue weighted by Crippen LogP contribution is 2.19. The summed E-state index contributed by atoms with van der Waals surface area (Å²) in [5.74, 6) is 1.00. The number of nitrogens with one attached hydrogen (secondary N) is 2. The van der Waals surface area contributed by atoms with E-state index in [1.54, 1.807) is 7.11 Å². The van der Waals surface area contributed by atoms with Gasteiger partial charge in [0.05, 0.1) is 13.7 Å². The highest BCUT2D eigenvalue weighted by Gasteiger charge is 2.17. The maximum absolute atomic E-state index is 11.2. The fraction of sp³-hybridized carbons (Fsp3) is 0.462. The van der Waals surface area contributed by atoms with E-state index in [0.29, 0.717) is 6.54 Å². The van der Waals surface area contributed by atoms with Crippen LogP contribution in [-0.4, -0.2) is 32.1 Å². The average Bonchev–Trinajstić information content (AvgIpc) is 2.37. The van der Waals surface area contributed by atoms with Crippen LogP contribution in [0.5, 0.6) is 5.75 Å². The van der Waals surface area contributed by atoms with Gasteiger partial charge >= 0.3 is 0 Å². The van der Waals surface area contributed by atoms with Gasteiger partial charge in [-0.2, -0.15) is 0 Å². The predicted octanol–water partition coefficient (Wildman–Crippen LogP) is 0.716. The smallest absolute Gasteiger partial charge is 0.234 e. The van der Waals surface area contributed by atoms with Gasteiger partial charge in [0, 0.05) is 12.6 Å². The lowest BCUT2D eigenvalue weighted by Crippen LogP contribution is -2.52. The van der Waals surface area contributed by atoms with Crippen molar-refractivity contribution < 1.29 is 9.53 Å². The molecule has 0 radical (unpaired) electrons. The summed E-state index contributed by atoms with van der Waals surface area (Å²) in [6.07, 6.45) is 1.84. The first-order valence-electron chi connectivity index (χ1n) is 5.91. The Hall–Kier alpha value is -1.55. The van der Waals surface area contributed by atoms with E-state index in [0.717, 1.165) is 25.1 Å². The number of hydrogen-bond acceptors (Lipinski definition) is 3. The molecule has 2 N–H and O–H groups in total. The molecule has 4 nitrogen and oxygen atoms in total. The van der Waals surface area contributed by atoms with E-state index in [9.17, 15) is 4.79 Å². The second kappa shape index (κ2) is 5.68. The van der Waals surface area contributed by atoms with Gasteiger partial charge in [0.25, 0.3) is 0 Å². The Morgan fingerprint density at radius 3 is 3.00 bits per heavy atom. The molecule has 1 aliphatic rings. The molecule has 1 fully saturated rings. The van der Waals surface area contributed by atoms with Crippen LogP contribution >= 0.6 is 0 Å². The zero-order chi connectivity index (χ0) is 12.1. The van der Waals surface area contributed by atoms with Gasteiger partial charge in [-0.15, -0.1) is 0 Å². The van der Waals surface area contributed by atoms with Crippen molar-refractivity contribution in [2.24, 2.45) is 0 Å². The minimum Gasteiger partial charge on any atom is -0.496 e. The molecule has 1 amide bonds. The lowest BCUT2D eigenvalue weighted by Gasteiger charge is -2.24. The van der Waals surface area contributed by atoms with Crippen molar-refractivity contribution >= 4 is 5.91 Å². The molecule has 1 aliphatic heterocycles. The first-order valence-corrected chi connectivity index (χ1v) is 5.91. The second-order valence-electron chi connectivity index (χ2n) is 4.25. The number of amides is 1. The molecule has 4 heteroatoms. The van der Waals surface area contributed by atoms with Crippen molar-refractivity contribution in [1.29, 1.82) is 0 Å². The molecule has 0 bridgehead atoms. The molecule has 1 saturated heterocycles. The standard InChI is InChI=1S/C13H18N2O2/c1-17-12-5-3-2-4-10(12)6-7-11-8-14-9-13(16)15-11/h2-5,11,14H,6-9H2,1H3,(H,15,16). The van der Waals surface area contributed by atoms with Crippen LogP contribution in [0, 0.1) is 0 Å². The minimum atomic E-state index is 0.0845. The number of carbonyl (C=O) groups is 1. The van der Waals surface area contributed by atoms with Crippen LogP contribution in [0.15, 0.2) is 24.3 Å². The summed E-state index contributed by atoms with van der Waals surface area (Å²) in [5, 5.41) is 6.09. The van der Waals surface area contributed by atoms with E-state index in [2.05, 4.69) is 16.7 Å². The molecule has 0 aromatic heterocycles. The van der Waals surface area contributed by atoms with Crippen LogP contribution in [0.4, 0.5) is 0 Å². The number of ether oxygens (including phenoxy) is 1. The first kappa shape index (κ1) is 11.9. The SMILES string of the molecule is COc1ccccc1CCC1CNCC(=O)N1. The lowest BCUT2D eigenvalue weighted by molar-refractivity contribution is -0.122. The van der Waals surface area contributed by atoms with Crippen molar-refractivity contribution in [3.8, 4) is 5.75 Å². The molecular weight excluding hydrogens is 216 g/mol. The molecule has 1 heterocycles. The van der Waals surface area contributed by atoms with Crippen molar-refractivity contribution in [3.05, 3.63) is 29.8 Å². The van der Waals surface area contributed by atoms with Crippen molar-refractivity contribution in [1.82, 2.24) is 10.6 Å². The van der Waals surface area contributed by atoms with Gasteiger partial charge in [0.1, 0.15) is 5.75 Å². The highest BCUT2D eigenvalue weighted by molar-refractivity contribution is 5.79. The number of para-hydroxylation sites is 1. The number of benzene rings is 1. The molecule has 1 aromatic rings. The van der Waals surface area contributed by atoms with Crippen LogP contribution in [0.2, 0.25) is 0 Å². The number of rotatable bonds is 4. The number of piperazine rings is 1. The third-order valence-corrected chi connectivity index (χ3v) is 3.00. The van der Waals surface area contributed by atoms with Crippen molar-refractivity contribution in [3.63, 3.8) is 0 Å². The summed E-state index contributed by atoms with van der Waals surface area (Å²) in [4.78, 5) is 11.2. The Morgan fingerprint density at radius 2 is 2.24 bits per heavy atom. The van der Waals surface area contributed by atoms with E-state index >= 15 is 0 Å². The normalized spacial score (nSPS) is 19.8. The summed E-state index contributed by atoms with van der Waals surface area (Å²) in [6, 6.07) is 8.23. The maximum atomic E-state index is 11.2. The van der Waals surface area contributed by atoms with Gasteiger partial charge in [0.15, 0.2) is 0 Å². The van der Waals surface area contributed by atoms with Crippen LogP contribution in [0.3, 0.4) is 0 Å². The zero-order valence-electron chi connectivity index (χ0n) is 10.0. The van der Waals surface area contributed by atoms with Crippen molar-refractivity contribution in [2.75, 3.05) is 20.2 Å². The molecule has 1 unspecified atom stereocenters. The third kappa shape index (κ3) is 3.20. The van der Waals surface area contributed by atoms with Gasteiger partial charge in [-0.1, -0.05) is 18.2 Å². The van der Waals surface area contributed by atoms with Gasteiger partial charge < -0.3 is 15.4 Å². The number of aryl methyl sites for hydroxylation is 1. The number of carbonyl (C=O) groups excluding carboxylic acids is 1. The van der Waals surface area contributed by atoms with Crippen molar-refractivity contribution in [2.45, 2.75) is 18.9 Å². The summed E-state index contributed by atoms with van der Waals surface area (Å²) >= 11 is 0. The minimum absolute atomic E-state index is 0.0845. The molecule has 0 aliphatic carbocycles. The lowest BCUT2D eigenvalue weighted by atomic mass is 10.0. The fourth-order valence-corrected chi connectivity index (χ4v) is 2.10. The average molecular weight is 234 g/mol. The summed E-state index contributed by atoms with van der Waals surface area (Å²) in [6.45, 7) is 1.28. The first-order chi connectivity index (χ1) is 8.29. The van der Waals surface area contributed by atoms with Crippen LogP contribution in [-0.2, 0) is 11.2 Å². The predicted molar refractivity (Wildman–Crippen MR) is 66.1 cm³/mol. The Bertz CT molecular complexity index is 393. The van der Waals surface area contributed by atoms with E-state index in [1.165, 1.54) is 5.56 Å². The van der Waals surface area contributed by atoms with E-state index in [1.807, 2.05) is 18.2 Å². The molecular formula is C13H18N2O2. The van der Waals surface area contributed by atoms with Crippen LogP contribution < -0.4 is 15.4 Å². The third-order valence-electron chi connectivity index (χ3n) is 3.00. The quantitative estimate of drug-likeness (QED) is 0.807. The van der Waals surface area contributed by atoms with Gasteiger partial charge in [-0.3, -0.25) is 4.79 Å². The highest BCUT2D eigenvalue weighted by atomic mass is 16.5. The Labute approximate surface area is 101 Å². The monoisotopic (exact) mass is 234 g/mol. The zero-order valence-corrected chi connectivity index (χ0v) is 10.0. The van der Waals surface area contributed by atoms with E-state index in [4.69, 9.17) is 4.74 Å². The Morgan fingerprint density at radius 1 is 1.41 bits per heavy atom. The van der Waals surface area contributed by atoms with E-state index in [-0.39, 0.29) is 11.9 Å². The van der Waals surface area contributed by atoms with Crippen LogP contribution in [0.25, 0.3) is 0 Å². The topological polar surface area (TPSA) is 50.4 Å². The number of hydrogen-bond donors (Lipinski definition) is 2.